The summed E-state index contributed by atoms with van der Waals surface area (Å²) in [6, 6.07) is 7.80. The number of carbonyl (C=O) groups is 1. The Bertz CT molecular complexity index is 512. The van der Waals surface area contributed by atoms with Crippen LogP contribution < -0.4 is 10.5 Å². The number of rotatable bonds is 6. The molecule has 1 aromatic rings. The van der Waals surface area contributed by atoms with Gasteiger partial charge in [0.25, 0.3) is 10.0 Å². The number of nitrogens with two attached hydrogens (primary N) is 1. The topological polar surface area (TPSA) is 89.3 Å². The summed E-state index contributed by atoms with van der Waals surface area (Å²) >= 11 is 0. The fourth-order valence-corrected chi connectivity index (χ4v) is 2.82. The molecule has 6 heteroatoms. The van der Waals surface area contributed by atoms with Crippen molar-refractivity contribution in [2.75, 3.05) is 6.54 Å². The highest BCUT2D eigenvalue weighted by molar-refractivity contribution is 7.90. The molecule has 0 radical (unpaired) electrons. The SMILES string of the molecule is CC(C)CC(CN)C(=O)NS(=O)(=O)c1ccccc1. The van der Waals surface area contributed by atoms with Crippen LogP contribution in [-0.2, 0) is 14.8 Å². The van der Waals surface area contributed by atoms with E-state index in [1.165, 1.54) is 12.1 Å². The van der Waals surface area contributed by atoms with Crippen molar-refractivity contribution in [1.82, 2.24) is 4.72 Å². The zero-order valence-corrected chi connectivity index (χ0v) is 12.0. The monoisotopic (exact) mass is 284 g/mol. The Kier molecular flexibility index (Phi) is 5.50. The molecule has 0 fully saturated rings. The molecule has 0 saturated heterocycles. The van der Waals surface area contributed by atoms with Gasteiger partial charge in [-0.3, -0.25) is 4.79 Å². The van der Waals surface area contributed by atoms with E-state index >= 15 is 0 Å². The standard InChI is InChI=1S/C13H20N2O3S/c1-10(2)8-11(9-14)13(16)15-19(17,18)12-6-4-3-5-7-12/h3-7,10-11H,8-9,14H2,1-2H3,(H,15,16). The molecule has 0 aliphatic carbocycles. The summed E-state index contributed by atoms with van der Waals surface area (Å²) in [5.74, 6) is -0.753. The first-order valence-electron chi connectivity index (χ1n) is 6.18. The van der Waals surface area contributed by atoms with Crippen molar-refractivity contribution in [3.8, 4) is 0 Å². The fraction of sp³-hybridized carbons (Fsp3) is 0.462. The Morgan fingerprint density at radius 1 is 1.26 bits per heavy atom. The predicted molar refractivity (Wildman–Crippen MR) is 73.8 cm³/mol. The Labute approximate surface area is 114 Å². The normalized spacial score (nSPS) is 13.3. The second-order valence-corrected chi connectivity index (χ2v) is 6.53. The van der Waals surface area contributed by atoms with E-state index in [1.807, 2.05) is 13.8 Å². The summed E-state index contributed by atoms with van der Waals surface area (Å²) in [5.41, 5.74) is 5.52. The van der Waals surface area contributed by atoms with Gasteiger partial charge in [-0.1, -0.05) is 32.0 Å². The van der Waals surface area contributed by atoms with Gasteiger partial charge in [0.15, 0.2) is 0 Å². The van der Waals surface area contributed by atoms with Gasteiger partial charge in [0.1, 0.15) is 0 Å². The molecule has 106 valence electrons. The number of amides is 1. The lowest BCUT2D eigenvalue weighted by Crippen LogP contribution is -2.39. The second kappa shape index (κ2) is 6.68. The maximum atomic E-state index is 12.0. The van der Waals surface area contributed by atoms with Crippen LogP contribution in [0.2, 0.25) is 0 Å². The average Bonchev–Trinajstić information content (AvgIpc) is 2.36. The molecule has 1 unspecified atom stereocenters. The van der Waals surface area contributed by atoms with E-state index in [9.17, 15) is 13.2 Å². The molecule has 1 aromatic carbocycles. The Morgan fingerprint density at radius 3 is 2.32 bits per heavy atom. The summed E-state index contributed by atoms with van der Waals surface area (Å²) in [6.45, 7) is 4.05. The molecule has 19 heavy (non-hydrogen) atoms. The minimum atomic E-state index is -3.81. The van der Waals surface area contributed by atoms with Crippen LogP contribution >= 0.6 is 0 Å². The lowest BCUT2D eigenvalue weighted by Gasteiger charge is -2.16. The molecule has 3 N–H and O–H groups in total. The molecular formula is C13H20N2O3S. The molecule has 1 rings (SSSR count). The first-order valence-corrected chi connectivity index (χ1v) is 7.67. The lowest BCUT2D eigenvalue weighted by molar-refractivity contribution is -0.123. The fourth-order valence-electron chi connectivity index (χ4n) is 1.75. The molecule has 5 nitrogen and oxygen atoms in total. The van der Waals surface area contributed by atoms with Crippen molar-refractivity contribution >= 4 is 15.9 Å². The number of hydrogen-bond donors (Lipinski definition) is 2. The Hall–Kier alpha value is -1.40. The molecule has 0 aliphatic heterocycles. The largest absolute Gasteiger partial charge is 0.330 e. The van der Waals surface area contributed by atoms with Crippen molar-refractivity contribution in [3.63, 3.8) is 0 Å². The Balaban J connectivity index is 2.81. The van der Waals surface area contributed by atoms with Crippen LogP contribution in [0.3, 0.4) is 0 Å². The summed E-state index contributed by atoms with van der Waals surface area (Å²) in [5, 5.41) is 0. The summed E-state index contributed by atoms with van der Waals surface area (Å²) in [7, 11) is -3.81. The van der Waals surface area contributed by atoms with Crippen LogP contribution in [0, 0.1) is 11.8 Å². The second-order valence-electron chi connectivity index (χ2n) is 4.84. The van der Waals surface area contributed by atoms with E-state index in [-0.39, 0.29) is 17.4 Å². The number of sulfonamides is 1. The maximum Gasteiger partial charge on any atom is 0.264 e. The average molecular weight is 284 g/mol. The quantitative estimate of drug-likeness (QED) is 0.819. The van der Waals surface area contributed by atoms with Crippen molar-refractivity contribution in [2.24, 2.45) is 17.6 Å². The predicted octanol–water partition coefficient (Wildman–Crippen LogP) is 1.11. The van der Waals surface area contributed by atoms with E-state index in [4.69, 9.17) is 5.73 Å². The smallest absolute Gasteiger partial charge is 0.264 e. The van der Waals surface area contributed by atoms with Crippen LogP contribution in [0.5, 0.6) is 0 Å². The van der Waals surface area contributed by atoms with Crippen molar-refractivity contribution in [3.05, 3.63) is 30.3 Å². The summed E-state index contributed by atoms with van der Waals surface area (Å²) in [4.78, 5) is 12.0. The molecule has 1 amide bonds. The summed E-state index contributed by atoms with van der Waals surface area (Å²) < 4.78 is 26.0. The first kappa shape index (κ1) is 15.7. The van der Waals surface area contributed by atoms with Gasteiger partial charge in [-0.05, 0) is 24.5 Å². The third kappa shape index (κ3) is 4.65. The maximum absolute atomic E-state index is 12.0. The minimum absolute atomic E-state index is 0.0728. The molecule has 0 aromatic heterocycles. The third-order valence-electron chi connectivity index (χ3n) is 2.70. The molecule has 0 aliphatic rings. The van der Waals surface area contributed by atoms with E-state index in [0.717, 1.165) is 0 Å². The van der Waals surface area contributed by atoms with Gasteiger partial charge < -0.3 is 5.73 Å². The highest BCUT2D eigenvalue weighted by Gasteiger charge is 2.24. The van der Waals surface area contributed by atoms with E-state index < -0.39 is 21.8 Å². The zero-order chi connectivity index (χ0) is 14.5. The van der Waals surface area contributed by atoms with Gasteiger partial charge >= 0.3 is 0 Å². The third-order valence-corrected chi connectivity index (χ3v) is 4.06. The van der Waals surface area contributed by atoms with Gasteiger partial charge in [-0.25, -0.2) is 13.1 Å². The van der Waals surface area contributed by atoms with Gasteiger partial charge in [-0.2, -0.15) is 0 Å². The van der Waals surface area contributed by atoms with Gasteiger partial charge in [0.2, 0.25) is 5.91 Å². The summed E-state index contributed by atoms with van der Waals surface area (Å²) in [6.07, 6.45) is 0.562. The zero-order valence-electron chi connectivity index (χ0n) is 11.2. The first-order chi connectivity index (χ1) is 8.86. The van der Waals surface area contributed by atoms with Crippen molar-refractivity contribution in [2.45, 2.75) is 25.2 Å². The number of hydrogen-bond acceptors (Lipinski definition) is 4. The van der Waals surface area contributed by atoms with Gasteiger partial charge in [-0.15, -0.1) is 0 Å². The minimum Gasteiger partial charge on any atom is -0.330 e. The molecule has 1 atom stereocenters. The van der Waals surface area contributed by atoms with Crippen molar-refractivity contribution < 1.29 is 13.2 Å². The molecular weight excluding hydrogens is 264 g/mol. The van der Waals surface area contributed by atoms with Crippen LogP contribution in [0.25, 0.3) is 0 Å². The molecule has 0 saturated carbocycles. The highest BCUT2D eigenvalue weighted by atomic mass is 32.2. The van der Waals surface area contributed by atoms with Crippen LogP contribution in [0.15, 0.2) is 35.2 Å². The van der Waals surface area contributed by atoms with E-state index in [0.29, 0.717) is 6.42 Å². The van der Waals surface area contributed by atoms with Gasteiger partial charge in [0.05, 0.1) is 10.8 Å². The van der Waals surface area contributed by atoms with Gasteiger partial charge in [0, 0.05) is 6.54 Å². The molecule has 0 spiro atoms. The van der Waals surface area contributed by atoms with E-state index in [2.05, 4.69) is 4.72 Å². The highest BCUT2D eigenvalue weighted by Crippen LogP contribution is 2.13. The number of benzene rings is 1. The molecule has 0 bridgehead atoms. The Morgan fingerprint density at radius 2 is 1.84 bits per heavy atom. The van der Waals surface area contributed by atoms with Crippen LogP contribution in [0.4, 0.5) is 0 Å². The van der Waals surface area contributed by atoms with E-state index in [1.54, 1.807) is 18.2 Å². The lowest BCUT2D eigenvalue weighted by atomic mass is 9.97. The van der Waals surface area contributed by atoms with Crippen LogP contribution in [0.1, 0.15) is 20.3 Å². The molecule has 0 heterocycles. The van der Waals surface area contributed by atoms with Crippen molar-refractivity contribution in [1.29, 1.82) is 0 Å². The van der Waals surface area contributed by atoms with Crippen LogP contribution in [-0.4, -0.2) is 20.9 Å². The number of carbonyl (C=O) groups excluding carboxylic acids is 1. The number of nitrogens with one attached hydrogen (secondary N) is 1.